The second-order valence-electron chi connectivity index (χ2n) is 7.88. The maximum atomic E-state index is 14.3. The van der Waals surface area contributed by atoms with Gasteiger partial charge in [-0.3, -0.25) is 9.47 Å². The van der Waals surface area contributed by atoms with Crippen LogP contribution in [0.1, 0.15) is 0 Å². The quantitative estimate of drug-likeness (QED) is 0.235. The topological polar surface area (TPSA) is 18.5 Å². The molecule has 1 fully saturated rings. The standard InChI is InChI=1S/C14HF27O2/c15-1-2(16,43-11(33,13(37,38)39)14(40,41)42-1)3(17,18)4(19,20)5(21,22)6(23,24)7(25,26)8(27,28)9(29,30)10(31,32)12(34,35)36/h1H. The van der Waals surface area contributed by atoms with Gasteiger partial charge in [0.2, 0.25) is 0 Å². The molecule has 0 aromatic heterocycles. The molecule has 0 aromatic carbocycles. The Hall–Kier alpha value is -1.97. The van der Waals surface area contributed by atoms with Crippen molar-refractivity contribution in [3.05, 3.63) is 0 Å². The van der Waals surface area contributed by atoms with Gasteiger partial charge in [-0.2, -0.15) is 114 Å². The van der Waals surface area contributed by atoms with Crippen molar-refractivity contribution in [2.24, 2.45) is 0 Å². The molecule has 1 aliphatic rings. The molecule has 3 atom stereocenters. The largest absolute Gasteiger partial charge is 0.460 e. The van der Waals surface area contributed by atoms with Crippen molar-refractivity contribution in [2.75, 3.05) is 0 Å². The molecule has 0 aromatic rings. The van der Waals surface area contributed by atoms with Gasteiger partial charge in [0.25, 0.3) is 6.36 Å². The van der Waals surface area contributed by atoms with E-state index in [4.69, 9.17) is 0 Å². The van der Waals surface area contributed by atoms with Crippen molar-refractivity contribution in [3.63, 3.8) is 0 Å². The van der Waals surface area contributed by atoms with E-state index in [1.165, 1.54) is 4.74 Å². The molecule has 0 aliphatic carbocycles. The fourth-order valence-corrected chi connectivity index (χ4v) is 2.60. The third-order valence-electron chi connectivity index (χ3n) is 5.12. The zero-order valence-electron chi connectivity index (χ0n) is 18.1. The fraction of sp³-hybridized carbons (Fsp3) is 1.00. The van der Waals surface area contributed by atoms with E-state index in [9.17, 15) is 119 Å². The van der Waals surface area contributed by atoms with E-state index in [0.29, 0.717) is 0 Å². The summed E-state index contributed by atoms with van der Waals surface area (Å²) in [6, 6.07) is 0. The summed E-state index contributed by atoms with van der Waals surface area (Å²) >= 11 is 0. The summed E-state index contributed by atoms with van der Waals surface area (Å²) in [5.41, 5.74) is 0. The van der Waals surface area contributed by atoms with E-state index in [1.807, 2.05) is 0 Å². The molecule has 0 bridgehead atoms. The van der Waals surface area contributed by atoms with Crippen molar-refractivity contribution in [1.29, 1.82) is 0 Å². The lowest BCUT2D eigenvalue weighted by molar-refractivity contribution is -0.580. The summed E-state index contributed by atoms with van der Waals surface area (Å²) in [5, 5.41) is 0. The summed E-state index contributed by atoms with van der Waals surface area (Å²) < 4.78 is 360. The highest BCUT2D eigenvalue weighted by molar-refractivity contribution is 5.19. The minimum absolute atomic E-state index is 1.51. The highest BCUT2D eigenvalue weighted by Crippen LogP contribution is 2.68. The van der Waals surface area contributed by atoms with E-state index >= 15 is 0 Å². The summed E-state index contributed by atoms with van der Waals surface area (Å²) in [6.07, 6.45) is -29.4. The molecule has 3 unspecified atom stereocenters. The van der Waals surface area contributed by atoms with Gasteiger partial charge in [-0.1, -0.05) is 0 Å². The van der Waals surface area contributed by atoms with Crippen molar-refractivity contribution >= 4 is 0 Å². The Morgan fingerprint density at radius 1 is 0.419 bits per heavy atom. The van der Waals surface area contributed by atoms with E-state index in [0.717, 1.165) is 0 Å². The molecular formula is C14HF27O2. The van der Waals surface area contributed by atoms with Gasteiger partial charge in [-0.05, 0) is 0 Å². The van der Waals surface area contributed by atoms with E-state index in [-0.39, 0.29) is 0 Å². The minimum atomic E-state index is -9.64. The van der Waals surface area contributed by atoms with Gasteiger partial charge in [-0.15, -0.1) is 0 Å². The molecule has 43 heavy (non-hydrogen) atoms. The molecule has 0 N–H and O–H groups in total. The van der Waals surface area contributed by atoms with Gasteiger partial charge in [0.05, 0.1) is 0 Å². The van der Waals surface area contributed by atoms with Crippen molar-refractivity contribution < 1.29 is 128 Å². The van der Waals surface area contributed by atoms with Crippen molar-refractivity contribution in [3.8, 4) is 0 Å². The summed E-state index contributed by atoms with van der Waals surface area (Å²) in [5.74, 6) is -90.2. The summed E-state index contributed by atoms with van der Waals surface area (Å²) in [4.78, 5) is 0. The first-order chi connectivity index (χ1) is 18.1. The van der Waals surface area contributed by atoms with Crippen LogP contribution in [0.5, 0.6) is 0 Å². The SMILES string of the molecule is FC1OC(F)(F)C(F)(C(F)(F)F)OC1(F)C(F)(F)C(F)(F)C(F)(F)C(F)(F)C(F)(F)C(F)(F)C(F)(F)C(F)(F)C(F)(F)F. The zero-order valence-corrected chi connectivity index (χ0v) is 18.1. The van der Waals surface area contributed by atoms with Crippen LogP contribution in [0.25, 0.3) is 0 Å². The Bertz CT molecular complexity index is 1050. The smallest absolute Gasteiger partial charge is 0.285 e. The van der Waals surface area contributed by atoms with Crippen LogP contribution < -0.4 is 0 Å². The molecule has 0 amide bonds. The predicted molar refractivity (Wildman–Crippen MR) is 71.4 cm³/mol. The number of ether oxygens (including phenoxy) is 2. The zero-order chi connectivity index (χ0) is 35.5. The van der Waals surface area contributed by atoms with E-state index < -0.39 is 83.9 Å². The molecule has 0 spiro atoms. The highest BCUT2D eigenvalue weighted by Gasteiger charge is 2.99. The molecule has 258 valence electrons. The number of alkyl halides is 27. The van der Waals surface area contributed by atoms with E-state index in [2.05, 4.69) is 0 Å². The van der Waals surface area contributed by atoms with Gasteiger partial charge in [0, 0.05) is 0 Å². The molecule has 1 aliphatic heterocycles. The van der Waals surface area contributed by atoms with Gasteiger partial charge in [-0.25, -0.2) is 4.39 Å². The van der Waals surface area contributed by atoms with Crippen LogP contribution in [-0.2, 0) is 9.47 Å². The molecule has 2 nitrogen and oxygen atoms in total. The van der Waals surface area contributed by atoms with Crippen LogP contribution in [-0.4, -0.2) is 83.9 Å². The first-order valence-electron chi connectivity index (χ1n) is 9.02. The Morgan fingerprint density at radius 3 is 0.977 bits per heavy atom. The second-order valence-corrected chi connectivity index (χ2v) is 7.88. The van der Waals surface area contributed by atoms with Gasteiger partial charge in [0.1, 0.15) is 0 Å². The van der Waals surface area contributed by atoms with Crippen LogP contribution in [0.15, 0.2) is 0 Å². The normalized spacial score (nSPS) is 27.8. The lowest BCUT2D eigenvalue weighted by Gasteiger charge is -2.49. The van der Waals surface area contributed by atoms with Crippen molar-refractivity contribution in [1.82, 2.24) is 0 Å². The minimum Gasteiger partial charge on any atom is -0.285 e. The lowest BCUT2D eigenvalue weighted by Crippen LogP contribution is -2.80. The monoisotopic (exact) mass is 714 g/mol. The van der Waals surface area contributed by atoms with Crippen LogP contribution in [0.4, 0.5) is 119 Å². The van der Waals surface area contributed by atoms with Gasteiger partial charge < -0.3 is 0 Å². The summed E-state index contributed by atoms with van der Waals surface area (Å²) in [6.45, 7) is 0. The molecule has 0 saturated carbocycles. The molecule has 1 saturated heterocycles. The Balaban J connectivity index is 3.94. The number of rotatable bonds is 8. The third-order valence-corrected chi connectivity index (χ3v) is 5.12. The molecule has 0 radical (unpaired) electrons. The van der Waals surface area contributed by atoms with Gasteiger partial charge >= 0.3 is 77.6 Å². The average molecular weight is 714 g/mol. The van der Waals surface area contributed by atoms with Crippen LogP contribution >= 0.6 is 0 Å². The van der Waals surface area contributed by atoms with Crippen molar-refractivity contribution in [2.45, 2.75) is 83.9 Å². The predicted octanol–water partition coefficient (Wildman–Crippen LogP) is 8.46. The Labute approximate surface area is 213 Å². The lowest BCUT2D eigenvalue weighted by atomic mass is 9.85. The highest BCUT2D eigenvalue weighted by atomic mass is 19.4. The third kappa shape index (κ3) is 4.45. The first-order valence-corrected chi connectivity index (χ1v) is 9.02. The summed E-state index contributed by atoms with van der Waals surface area (Å²) in [7, 11) is 0. The van der Waals surface area contributed by atoms with Crippen LogP contribution in [0.2, 0.25) is 0 Å². The Kier molecular flexibility index (Phi) is 8.44. The van der Waals surface area contributed by atoms with Crippen LogP contribution in [0, 0.1) is 0 Å². The maximum absolute atomic E-state index is 14.3. The number of hydrogen-bond donors (Lipinski definition) is 0. The van der Waals surface area contributed by atoms with Gasteiger partial charge in [0.15, 0.2) is 0 Å². The fourth-order valence-electron chi connectivity index (χ4n) is 2.60. The number of halogens is 27. The molecule has 1 heterocycles. The molecule has 1 rings (SSSR count). The molecular weight excluding hydrogens is 713 g/mol. The maximum Gasteiger partial charge on any atom is 0.460 e. The van der Waals surface area contributed by atoms with E-state index in [1.54, 1.807) is 4.74 Å². The number of hydrogen-bond acceptors (Lipinski definition) is 2. The first kappa shape index (κ1) is 39.1. The molecule has 29 heteroatoms. The Morgan fingerprint density at radius 2 is 0.698 bits per heavy atom. The average Bonchev–Trinajstić information content (AvgIpc) is 2.74. The van der Waals surface area contributed by atoms with Crippen LogP contribution in [0.3, 0.4) is 0 Å². The second kappa shape index (κ2) is 9.29.